The van der Waals surface area contributed by atoms with Gasteiger partial charge in [0.05, 0.1) is 39.9 Å². The summed E-state index contributed by atoms with van der Waals surface area (Å²) < 4.78 is 23.3. The van der Waals surface area contributed by atoms with Gasteiger partial charge in [0.25, 0.3) is 7.82 Å². The van der Waals surface area contributed by atoms with Crippen molar-refractivity contribution in [3.8, 4) is 0 Å². The molecule has 1 amide bonds. The van der Waals surface area contributed by atoms with Gasteiger partial charge in [0.15, 0.2) is 0 Å². The Morgan fingerprint density at radius 1 is 0.567 bits per heavy atom. The summed E-state index contributed by atoms with van der Waals surface area (Å²) in [5, 5.41) is 13.9. The number of rotatable bonds is 48. The van der Waals surface area contributed by atoms with E-state index in [4.69, 9.17) is 9.05 Å². The number of carbonyl (C=O) groups excluding carboxylic acids is 1. The first kappa shape index (κ1) is 59.2. The van der Waals surface area contributed by atoms with Crippen molar-refractivity contribution in [2.45, 2.75) is 270 Å². The fraction of sp³-hybridized carbons (Fsp3) is 0.941. The van der Waals surface area contributed by atoms with Crippen molar-refractivity contribution in [1.82, 2.24) is 5.32 Å². The lowest BCUT2D eigenvalue weighted by Gasteiger charge is -2.30. The Balaban J connectivity index is 4.02. The molecule has 0 spiro atoms. The minimum atomic E-state index is -4.56. The van der Waals surface area contributed by atoms with Crippen LogP contribution in [0.2, 0.25) is 0 Å². The highest BCUT2D eigenvalue weighted by Gasteiger charge is 2.24. The molecular weight excluding hydrogens is 768 g/mol. The van der Waals surface area contributed by atoms with Gasteiger partial charge < -0.3 is 28.8 Å². The van der Waals surface area contributed by atoms with Crippen molar-refractivity contribution in [1.29, 1.82) is 0 Å². The average Bonchev–Trinajstić information content (AvgIpc) is 3.20. The fourth-order valence-corrected chi connectivity index (χ4v) is 8.58. The van der Waals surface area contributed by atoms with Crippen molar-refractivity contribution in [2.75, 3.05) is 40.9 Å². The molecule has 0 rings (SSSR count). The summed E-state index contributed by atoms with van der Waals surface area (Å²) in [6.45, 7) is 4.73. The molecule has 3 unspecified atom stereocenters. The lowest BCUT2D eigenvalue weighted by Crippen LogP contribution is -2.46. The van der Waals surface area contributed by atoms with E-state index in [1.165, 1.54) is 193 Å². The molecule has 0 aliphatic rings. The molecule has 60 heavy (non-hydrogen) atoms. The molecular formula is C51H103N2O6P. The number of nitrogens with one attached hydrogen (secondary N) is 1. The second-order valence-electron chi connectivity index (χ2n) is 19.2. The second-order valence-corrected chi connectivity index (χ2v) is 20.6. The van der Waals surface area contributed by atoms with Gasteiger partial charge in [-0.25, -0.2) is 0 Å². The summed E-state index contributed by atoms with van der Waals surface area (Å²) in [6, 6.07) is -0.795. The Kier molecular flexibility index (Phi) is 42.9. The third kappa shape index (κ3) is 45.3. The maximum Gasteiger partial charge on any atom is 0.268 e. The van der Waals surface area contributed by atoms with E-state index in [9.17, 15) is 19.4 Å². The lowest BCUT2D eigenvalue weighted by molar-refractivity contribution is -0.870. The van der Waals surface area contributed by atoms with Crippen LogP contribution in [0.15, 0.2) is 12.2 Å². The Hall–Kier alpha value is -0.760. The number of nitrogens with zero attached hydrogens (tertiary/aromatic N) is 1. The molecule has 0 radical (unpaired) electrons. The highest BCUT2D eigenvalue weighted by atomic mass is 31.2. The number of aliphatic hydroxyl groups is 1. The van der Waals surface area contributed by atoms with E-state index >= 15 is 0 Å². The molecule has 9 heteroatoms. The lowest BCUT2D eigenvalue weighted by atomic mass is 10.0. The normalized spacial score (nSPS) is 14.2. The van der Waals surface area contributed by atoms with Gasteiger partial charge in [-0.15, -0.1) is 0 Å². The Morgan fingerprint density at radius 2 is 0.917 bits per heavy atom. The van der Waals surface area contributed by atoms with Crippen LogP contribution in [0.3, 0.4) is 0 Å². The molecule has 0 fully saturated rings. The van der Waals surface area contributed by atoms with E-state index in [1.807, 2.05) is 21.1 Å². The third-order valence-electron chi connectivity index (χ3n) is 12.0. The van der Waals surface area contributed by atoms with E-state index in [2.05, 4.69) is 31.3 Å². The maximum atomic E-state index is 12.9. The van der Waals surface area contributed by atoms with Gasteiger partial charge in [-0.05, 0) is 38.5 Å². The fourth-order valence-electron chi connectivity index (χ4n) is 7.86. The zero-order chi connectivity index (χ0) is 44.3. The largest absolute Gasteiger partial charge is 0.756 e. The van der Waals surface area contributed by atoms with Crippen LogP contribution in [0.4, 0.5) is 0 Å². The van der Waals surface area contributed by atoms with Crippen molar-refractivity contribution in [3.63, 3.8) is 0 Å². The molecule has 0 saturated heterocycles. The van der Waals surface area contributed by atoms with Crippen molar-refractivity contribution in [3.05, 3.63) is 12.2 Å². The van der Waals surface area contributed by atoms with Crippen molar-refractivity contribution < 1.29 is 32.9 Å². The maximum absolute atomic E-state index is 12.9. The summed E-state index contributed by atoms with van der Waals surface area (Å²) in [4.78, 5) is 25.4. The van der Waals surface area contributed by atoms with Crippen LogP contribution in [0.5, 0.6) is 0 Å². The molecule has 2 N–H and O–H groups in total. The molecule has 0 aliphatic heterocycles. The predicted molar refractivity (Wildman–Crippen MR) is 256 cm³/mol. The monoisotopic (exact) mass is 871 g/mol. The van der Waals surface area contributed by atoms with Gasteiger partial charge in [0.1, 0.15) is 13.2 Å². The Bertz CT molecular complexity index is 989. The van der Waals surface area contributed by atoms with Crippen LogP contribution in [-0.2, 0) is 18.4 Å². The van der Waals surface area contributed by atoms with E-state index in [1.54, 1.807) is 0 Å². The van der Waals surface area contributed by atoms with Gasteiger partial charge in [-0.2, -0.15) is 0 Å². The van der Waals surface area contributed by atoms with Gasteiger partial charge in [-0.3, -0.25) is 9.36 Å². The number of allylic oxidation sites excluding steroid dienone is 2. The summed E-state index contributed by atoms with van der Waals surface area (Å²) in [6.07, 6.45) is 51.0. The minimum Gasteiger partial charge on any atom is -0.756 e. The number of unbranched alkanes of at least 4 members (excludes halogenated alkanes) is 33. The number of amides is 1. The molecule has 0 bridgehead atoms. The van der Waals surface area contributed by atoms with E-state index in [0.717, 1.165) is 38.5 Å². The summed E-state index contributed by atoms with van der Waals surface area (Å²) in [5.41, 5.74) is 0. The molecule has 0 aromatic carbocycles. The van der Waals surface area contributed by atoms with Crippen molar-refractivity contribution >= 4 is 13.7 Å². The SMILES string of the molecule is CCCCCCCCCCCCCC/C=C\CCCCCCCCCCCCCCC(=O)NC(COP(=O)([O-])OCC[N+](C)(C)C)C(O)CCCCCCCCCCCC. The van der Waals surface area contributed by atoms with Crippen LogP contribution in [0.1, 0.15) is 258 Å². The van der Waals surface area contributed by atoms with Crippen LogP contribution in [0.25, 0.3) is 0 Å². The van der Waals surface area contributed by atoms with E-state index in [0.29, 0.717) is 23.9 Å². The van der Waals surface area contributed by atoms with Crippen LogP contribution in [0, 0.1) is 0 Å². The number of phosphoric acid groups is 1. The van der Waals surface area contributed by atoms with E-state index < -0.39 is 20.0 Å². The Morgan fingerprint density at radius 3 is 1.30 bits per heavy atom. The molecule has 0 saturated carbocycles. The Labute approximate surface area is 373 Å². The van der Waals surface area contributed by atoms with Gasteiger partial charge in [0.2, 0.25) is 5.91 Å². The zero-order valence-corrected chi connectivity index (χ0v) is 41.6. The first-order chi connectivity index (χ1) is 29.0. The molecule has 8 nitrogen and oxygen atoms in total. The number of phosphoric ester groups is 1. The number of likely N-dealkylation sites (N-methyl/N-ethyl adjacent to an activating group) is 1. The predicted octanol–water partition coefficient (Wildman–Crippen LogP) is 14.5. The summed E-state index contributed by atoms with van der Waals surface area (Å²) >= 11 is 0. The second kappa shape index (κ2) is 43.5. The van der Waals surface area contributed by atoms with Crippen LogP contribution in [-0.4, -0.2) is 68.5 Å². The molecule has 0 aromatic heterocycles. The number of quaternary nitrogens is 1. The summed E-state index contributed by atoms with van der Waals surface area (Å²) in [7, 11) is 1.31. The summed E-state index contributed by atoms with van der Waals surface area (Å²) in [5.74, 6) is -0.164. The third-order valence-corrected chi connectivity index (χ3v) is 13.0. The highest BCUT2D eigenvalue weighted by molar-refractivity contribution is 7.45. The quantitative estimate of drug-likeness (QED) is 0.0273. The molecule has 0 aliphatic carbocycles. The molecule has 3 atom stereocenters. The van der Waals surface area contributed by atoms with Gasteiger partial charge in [-0.1, -0.05) is 225 Å². The topological polar surface area (TPSA) is 108 Å². The molecule has 0 aromatic rings. The minimum absolute atomic E-state index is 0.0142. The van der Waals surface area contributed by atoms with Gasteiger partial charge in [0, 0.05) is 6.42 Å². The first-order valence-electron chi connectivity index (χ1n) is 26.0. The zero-order valence-electron chi connectivity index (χ0n) is 40.7. The highest BCUT2D eigenvalue weighted by Crippen LogP contribution is 2.38. The number of hydrogen-bond donors (Lipinski definition) is 2. The van der Waals surface area contributed by atoms with Crippen LogP contribution < -0.4 is 10.2 Å². The van der Waals surface area contributed by atoms with Gasteiger partial charge >= 0.3 is 0 Å². The molecule has 358 valence electrons. The van der Waals surface area contributed by atoms with Crippen LogP contribution >= 0.6 is 7.82 Å². The van der Waals surface area contributed by atoms with E-state index in [-0.39, 0.29) is 19.1 Å². The molecule has 0 heterocycles. The first-order valence-corrected chi connectivity index (χ1v) is 27.5. The number of carbonyl (C=O) groups is 1. The number of aliphatic hydroxyl groups excluding tert-OH is 1. The standard InChI is InChI=1S/C51H103N2O6P/c1-6-8-10-12-14-16-18-19-20-21-22-23-24-25-26-27-28-29-30-31-32-33-34-35-37-39-41-43-45-51(55)52-49(48-59-60(56,57)58-47-46-53(3,4)5)50(54)44-42-40-38-36-17-15-13-11-9-7-2/h25-26,49-50,54H,6-24,27-48H2,1-5H3,(H-,52,55,56,57)/b26-25-. The van der Waals surface area contributed by atoms with Crippen molar-refractivity contribution in [2.24, 2.45) is 0 Å². The number of hydrogen-bond acceptors (Lipinski definition) is 6. The average molecular weight is 871 g/mol. The smallest absolute Gasteiger partial charge is 0.268 e.